The SMILES string of the molecule is CC.COc1cc2c(C)c[nH]c2cc1F. The van der Waals surface area contributed by atoms with Crippen LogP contribution in [0.4, 0.5) is 4.39 Å². The number of halogens is 1. The minimum absolute atomic E-state index is 0.287. The molecule has 1 N–H and O–H groups in total. The number of hydrogen-bond acceptors (Lipinski definition) is 1. The molecule has 2 nitrogen and oxygen atoms in total. The molecule has 0 saturated heterocycles. The number of nitrogens with one attached hydrogen (secondary N) is 1. The van der Waals surface area contributed by atoms with E-state index in [0.717, 1.165) is 16.5 Å². The van der Waals surface area contributed by atoms with E-state index in [-0.39, 0.29) is 11.6 Å². The van der Waals surface area contributed by atoms with Crippen LogP contribution in [0, 0.1) is 12.7 Å². The van der Waals surface area contributed by atoms with Gasteiger partial charge in [0.05, 0.1) is 7.11 Å². The topological polar surface area (TPSA) is 25.0 Å². The Morgan fingerprint density at radius 3 is 2.53 bits per heavy atom. The Balaban J connectivity index is 0.000000531. The van der Waals surface area contributed by atoms with Crippen molar-refractivity contribution in [2.24, 2.45) is 0 Å². The van der Waals surface area contributed by atoms with E-state index in [0.29, 0.717) is 0 Å². The maximum absolute atomic E-state index is 13.2. The number of rotatable bonds is 1. The Morgan fingerprint density at radius 2 is 1.93 bits per heavy atom. The van der Waals surface area contributed by atoms with E-state index in [2.05, 4.69) is 4.98 Å². The van der Waals surface area contributed by atoms with E-state index in [1.807, 2.05) is 27.0 Å². The molecule has 0 aliphatic rings. The molecule has 0 unspecified atom stereocenters. The number of hydrogen-bond donors (Lipinski definition) is 1. The van der Waals surface area contributed by atoms with Gasteiger partial charge in [-0.2, -0.15) is 0 Å². The van der Waals surface area contributed by atoms with Gasteiger partial charge >= 0.3 is 0 Å². The first-order valence-corrected chi connectivity index (χ1v) is 5.03. The number of fused-ring (bicyclic) bond motifs is 1. The number of benzene rings is 1. The summed E-state index contributed by atoms with van der Waals surface area (Å²) in [5, 5.41) is 0.998. The first-order valence-electron chi connectivity index (χ1n) is 5.03. The number of aryl methyl sites for hydroxylation is 1. The molecule has 0 atom stereocenters. The fraction of sp³-hybridized carbons (Fsp3) is 0.333. The smallest absolute Gasteiger partial charge is 0.167 e. The van der Waals surface area contributed by atoms with Gasteiger partial charge in [-0.3, -0.25) is 0 Å². The molecule has 2 rings (SSSR count). The zero-order valence-corrected chi connectivity index (χ0v) is 9.52. The number of aromatic amines is 1. The normalized spacial score (nSPS) is 9.67. The molecule has 0 saturated carbocycles. The van der Waals surface area contributed by atoms with Crippen LogP contribution in [-0.4, -0.2) is 12.1 Å². The van der Waals surface area contributed by atoms with Crippen molar-refractivity contribution < 1.29 is 9.13 Å². The molecular weight excluding hydrogens is 193 g/mol. The lowest BCUT2D eigenvalue weighted by Crippen LogP contribution is -1.87. The zero-order chi connectivity index (χ0) is 11.4. The number of H-pyrrole nitrogens is 1. The van der Waals surface area contributed by atoms with Crippen molar-refractivity contribution in [1.82, 2.24) is 4.98 Å². The minimum atomic E-state index is -0.336. The Hall–Kier alpha value is -1.51. The number of aromatic nitrogens is 1. The first-order chi connectivity index (χ1) is 7.22. The van der Waals surface area contributed by atoms with Gasteiger partial charge in [0, 0.05) is 23.2 Å². The zero-order valence-electron chi connectivity index (χ0n) is 9.52. The van der Waals surface area contributed by atoms with Gasteiger partial charge in [-0.05, 0) is 18.6 Å². The van der Waals surface area contributed by atoms with Gasteiger partial charge < -0.3 is 9.72 Å². The van der Waals surface area contributed by atoms with Crippen molar-refractivity contribution >= 4 is 10.9 Å². The molecule has 0 fully saturated rings. The molecule has 1 aromatic heterocycles. The summed E-state index contributed by atoms with van der Waals surface area (Å²) in [4.78, 5) is 2.98. The monoisotopic (exact) mass is 209 g/mol. The third kappa shape index (κ3) is 2.12. The maximum Gasteiger partial charge on any atom is 0.167 e. The summed E-state index contributed by atoms with van der Waals surface area (Å²) in [5.74, 6) is -0.0490. The summed E-state index contributed by atoms with van der Waals surface area (Å²) in [7, 11) is 1.46. The van der Waals surface area contributed by atoms with Crippen LogP contribution in [0.5, 0.6) is 5.75 Å². The van der Waals surface area contributed by atoms with Crippen LogP contribution in [0.15, 0.2) is 18.3 Å². The van der Waals surface area contributed by atoms with Gasteiger partial charge in [0.15, 0.2) is 11.6 Å². The van der Waals surface area contributed by atoms with E-state index in [1.165, 1.54) is 13.2 Å². The Labute approximate surface area is 89.1 Å². The van der Waals surface area contributed by atoms with Crippen LogP contribution in [-0.2, 0) is 0 Å². The molecular formula is C12H16FNO. The van der Waals surface area contributed by atoms with Gasteiger partial charge in [0.1, 0.15) is 0 Å². The number of ether oxygens (including phenoxy) is 1. The van der Waals surface area contributed by atoms with Gasteiger partial charge in [0.2, 0.25) is 0 Å². The number of methoxy groups -OCH3 is 1. The highest BCUT2D eigenvalue weighted by atomic mass is 19.1. The minimum Gasteiger partial charge on any atom is -0.494 e. The van der Waals surface area contributed by atoms with Crippen molar-refractivity contribution in [3.63, 3.8) is 0 Å². The van der Waals surface area contributed by atoms with Crippen LogP contribution in [0.3, 0.4) is 0 Å². The molecule has 2 aromatic rings. The Bertz CT molecular complexity index is 448. The fourth-order valence-electron chi connectivity index (χ4n) is 1.42. The molecule has 1 heterocycles. The lowest BCUT2D eigenvalue weighted by atomic mass is 10.2. The highest BCUT2D eigenvalue weighted by Crippen LogP contribution is 2.25. The second-order valence-electron chi connectivity index (χ2n) is 3.00. The first kappa shape index (κ1) is 11.6. The van der Waals surface area contributed by atoms with Gasteiger partial charge in [0.25, 0.3) is 0 Å². The van der Waals surface area contributed by atoms with Crippen molar-refractivity contribution in [2.75, 3.05) is 7.11 Å². The molecule has 3 heteroatoms. The van der Waals surface area contributed by atoms with Crippen molar-refractivity contribution in [3.05, 3.63) is 29.7 Å². The molecule has 0 radical (unpaired) electrons. The lowest BCUT2D eigenvalue weighted by molar-refractivity contribution is 0.387. The molecule has 1 aromatic carbocycles. The van der Waals surface area contributed by atoms with Crippen molar-refractivity contribution in [3.8, 4) is 5.75 Å². The summed E-state index contributed by atoms with van der Waals surface area (Å²) in [6.07, 6.45) is 1.85. The van der Waals surface area contributed by atoms with E-state index < -0.39 is 0 Å². The lowest BCUT2D eigenvalue weighted by Gasteiger charge is -2.01. The molecule has 0 spiro atoms. The molecule has 0 bridgehead atoms. The third-order valence-electron chi connectivity index (χ3n) is 2.16. The van der Waals surface area contributed by atoms with Crippen LogP contribution in [0.25, 0.3) is 10.9 Å². The maximum atomic E-state index is 13.2. The standard InChI is InChI=1S/C10H10FNO.C2H6/c1-6-5-12-9-4-8(11)10(13-2)3-7(6)9;1-2/h3-5,12H,1-2H3;1-2H3. The predicted octanol–water partition coefficient (Wildman–Crippen LogP) is 3.65. The molecule has 0 amide bonds. The van der Waals surface area contributed by atoms with Gasteiger partial charge in [-0.15, -0.1) is 0 Å². The molecule has 0 aliphatic carbocycles. The van der Waals surface area contributed by atoms with Crippen molar-refractivity contribution in [1.29, 1.82) is 0 Å². The summed E-state index contributed by atoms with van der Waals surface area (Å²) >= 11 is 0. The summed E-state index contributed by atoms with van der Waals surface area (Å²) in [5.41, 5.74) is 1.89. The third-order valence-corrected chi connectivity index (χ3v) is 2.16. The van der Waals surface area contributed by atoms with E-state index >= 15 is 0 Å². The van der Waals surface area contributed by atoms with Crippen LogP contribution >= 0.6 is 0 Å². The average Bonchev–Trinajstić information content (AvgIpc) is 2.61. The predicted molar refractivity (Wildman–Crippen MR) is 60.9 cm³/mol. The van der Waals surface area contributed by atoms with Gasteiger partial charge in [-0.25, -0.2) is 4.39 Å². The van der Waals surface area contributed by atoms with E-state index in [1.54, 1.807) is 6.07 Å². The van der Waals surface area contributed by atoms with Crippen molar-refractivity contribution in [2.45, 2.75) is 20.8 Å². The van der Waals surface area contributed by atoms with Crippen LogP contribution in [0.2, 0.25) is 0 Å². The largest absolute Gasteiger partial charge is 0.494 e. The highest BCUT2D eigenvalue weighted by molar-refractivity contribution is 5.84. The summed E-state index contributed by atoms with van der Waals surface area (Å²) in [6, 6.07) is 3.15. The van der Waals surface area contributed by atoms with Crippen LogP contribution in [0.1, 0.15) is 19.4 Å². The van der Waals surface area contributed by atoms with Gasteiger partial charge in [-0.1, -0.05) is 13.8 Å². The quantitative estimate of drug-likeness (QED) is 0.761. The highest BCUT2D eigenvalue weighted by Gasteiger charge is 2.06. The van der Waals surface area contributed by atoms with E-state index in [4.69, 9.17) is 4.74 Å². The average molecular weight is 209 g/mol. The summed E-state index contributed by atoms with van der Waals surface area (Å²) in [6.45, 7) is 5.97. The second kappa shape index (κ2) is 4.82. The van der Waals surface area contributed by atoms with E-state index in [9.17, 15) is 4.39 Å². The molecule has 82 valence electrons. The Morgan fingerprint density at radius 1 is 1.27 bits per heavy atom. The second-order valence-corrected chi connectivity index (χ2v) is 3.00. The molecule has 15 heavy (non-hydrogen) atoms. The summed E-state index contributed by atoms with van der Waals surface area (Å²) < 4.78 is 18.1. The Kier molecular flexibility index (Phi) is 3.72. The van der Waals surface area contributed by atoms with Crippen LogP contribution < -0.4 is 4.74 Å². The fourth-order valence-corrected chi connectivity index (χ4v) is 1.42. The molecule has 0 aliphatic heterocycles.